The van der Waals surface area contributed by atoms with Crippen molar-refractivity contribution in [3.63, 3.8) is 0 Å². The summed E-state index contributed by atoms with van der Waals surface area (Å²) in [4.78, 5) is 17.6. The number of nitrogens with zero attached hydrogens (tertiary/aromatic N) is 3. The topological polar surface area (TPSA) is 85.3 Å². The summed E-state index contributed by atoms with van der Waals surface area (Å²) in [6.45, 7) is 8.22. The second-order valence-electron chi connectivity index (χ2n) is 5.97. The van der Waals surface area contributed by atoms with E-state index in [2.05, 4.69) is 16.8 Å². The normalized spacial score (nSPS) is 23.2. The van der Waals surface area contributed by atoms with Crippen LogP contribution < -0.4 is 5.73 Å². The van der Waals surface area contributed by atoms with E-state index < -0.39 is 0 Å². The van der Waals surface area contributed by atoms with Crippen molar-refractivity contribution in [3.8, 4) is 0 Å². The molecule has 1 aromatic heterocycles. The summed E-state index contributed by atoms with van der Waals surface area (Å²) in [5, 5.41) is 11.2. The summed E-state index contributed by atoms with van der Waals surface area (Å²) in [6, 6.07) is 0.271. The molecule has 1 aliphatic heterocycles. The number of aryl methyl sites for hydroxylation is 1. The van der Waals surface area contributed by atoms with Crippen LogP contribution in [0.4, 0.5) is 5.69 Å². The van der Waals surface area contributed by atoms with Crippen molar-refractivity contribution in [3.05, 3.63) is 33.1 Å². The molecule has 0 saturated carbocycles. The number of rotatable bonds is 4. The van der Waals surface area contributed by atoms with E-state index in [4.69, 9.17) is 5.73 Å². The van der Waals surface area contributed by atoms with Gasteiger partial charge in [0.25, 0.3) is 5.69 Å². The van der Waals surface area contributed by atoms with Crippen molar-refractivity contribution in [2.75, 3.05) is 13.1 Å². The smallest absolute Gasteiger partial charge is 0.278 e. The van der Waals surface area contributed by atoms with E-state index in [1.807, 2.05) is 0 Å². The molecule has 0 amide bonds. The van der Waals surface area contributed by atoms with E-state index >= 15 is 0 Å². The predicted molar refractivity (Wildman–Crippen MR) is 82.0 cm³/mol. The molecule has 0 radical (unpaired) electrons. The molecule has 2 unspecified atom stereocenters. The third kappa shape index (κ3) is 3.39. The lowest BCUT2D eigenvalue weighted by Gasteiger charge is -2.36. The van der Waals surface area contributed by atoms with Gasteiger partial charge in [-0.25, -0.2) is 0 Å². The Kier molecular flexibility index (Phi) is 4.90. The van der Waals surface area contributed by atoms with Crippen LogP contribution in [0.5, 0.6) is 0 Å². The Morgan fingerprint density at radius 1 is 1.52 bits per heavy atom. The van der Waals surface area contributed by atoms with Gasteiger partial charge in [-0.1, -0.05) is 13.3 Å². The van der Waals surface area contributed by atoms with Crippen molar-refractivity contribution in [2.45, 2.75) is 46.2 Å². The maximum atomic E-state index is 11.2. The summed E-state index contributed by atoms with van der Waals surface area (Å²) >= 11 is 0. The van der Waals surface area contributed by atoms with E-state index in [-0.39, 0.29) is 16.7 Å². The minimum absolute atomic E-state index is 0.195. The molecule has 1 fully saturated rings. The number of piperidine rings is 1. The van der Waals surface area contributed by atoms with Gasteiger partial charge in [0.1, 0.15) is 0 Å². The highest BCUT2D eigenvalue weighted by atomic mass is 16.6. The van der Waals surface area contributed by atoms with Gasteiger partial charge in [-0.3, -0.25) is 20.0 Å². The first kappa shape index (κ1) is 15.9. The summed E-state index contributed by atoms with van der Waals surface area (Å²) in [7, 11) is 0. The molecule has 2 heterocycles. The number of pyridine rings is 1. The SMILES string of the molecule is CCC1CN(Cc2ncc(C)c([N+](=O)[O-])c2C)CCC1N. The van der Waals surface area contributed by atoms with Gasteiger partial charge in [0.2, 0.25) is 0 Å². The first-order valence-corrected chi connectivity index (χ1v) is 7.51. The number of nitrogens with two attached hydrogens (primary N) is 1. The fraction of sp³-hybridized carbons (Fsp3) is 0.667. The highest BCUT2D eigenvalue weighted by Crippen LogP contribution is 2.26. The molecular weight excluding hydrogens is 268 g/mol. The van der Waals surface area contributed by atoms with Gasteiger partial charge >= 0.3 is 0 Å². The van der Waals surface area contributed by atoms with Crippen molar-refractivity contribution < 1.29 is 4.92 Å². The minimum Gasteiger partial charge on any atom is -0.327 e. The van der Waals surface area contributed by atoms with Gasteiger partial charge in [-0.05, 0) is 26.2 Å². The van der Waals surface area contributed by atoms with Gasteiger partial charge in [-0.15, -0.1) is 0 Å². The van der Waals surface area contributed by atoms with Crippen LogP contribution in [0.3, 0.4) is 0 Å². The first-order chi connectivity index (χ1) is 9.93. The molecule has 2 rings (SSSR count). The highest BCUT2D eigenvalue weighted by molar-refractivity contribution is 5.47. The zero-order valence-corrected chi connectivity index (χ0v) is 13.0. The summed E-state index contributed by atoms with van der Waals surface area (Å²) in [5.74, 6) is 0.500. The van der Waals surface area contributed by atoms with Crippen molar-refractivity contribution in [1.29, 1.82) is 0 Å². The Morgan fingerprint density at radius 2 is 2.24 bits per heavy atom. The van der Waals surface area contributed by atoms with Crippen molar-refractivity contribution >= 4 is 5.69 Å². The molecule has 2 atom stereocenters. The summed E-state index contributed by atoms with van der Waals surface area (Å²) in [6.07, 6.45) is 3.65. The average molecular weight is 292 g/mol. The lowest BCUT2D eigenvalue weighted by Crippen LogP contribution is -2.46. The van der Waals surface area contributed by atoms with Crippen LogP contribution in [-0.4, -0.2) is 33.9 Å². The largest absolute Gasteiger partial charge is 0.327 e. The Labute approximate surface area is 125 Å². The average Bonchev–Trinajstić information content (AvgIpc) is 2.43. The molecule has 1 aliphatic rings. The molecule has 1 aromatic rings. The molecule has 6 nitrogen and oxygen atoms in total. The third-order valence-electron chi connectivity index (χ3n) is 4.53. The maximum absolute atomic E-state index is 11.2. The van der Waals surface area contributed by atoms with Crippen LogP contribution in [0.15, 0.2) is 6.20 Å². The Hall–Kier alpha value is -1.53. The van der Waals surface area contributed by atoms with Gasteiger partial charge in [0, 0.05) is 43.0 Å². The number of hydrogen-bond donors (Lipinski definition) is 1. The lowest BCUT2D eigenvalue weighted by atomic mass is 9.90. The summed E-state index contributed by atoms with van der Waals surface area (Å²) in [5.41, 5.74) is 8.43. The highest BCUT2D eigenvalue weighted by Gasteiger charge is 2.27. The molecule has 1 saturated heterocycles. The molecule has 21 heavy (non-hydrogen) atoms. The van der Waals surface area contributed by atoms with E-state index in [1.54, 1.807) is 20.0 Å². The third-order valence-corrected chi connectivity index (χ3v) is 4.53. The van der Waals surface area contributed by atoms with E-state index in [9.17, 15) is 10.1 Å². The maximum Gasteiger partial charge on any atom is 0.278 e. The number of likely N-dealkylation sites (tertiary alicyclic amines) is 1. The van der Waals surface area contributed by atoms with E-state index in [1.165, 1.54) is 0 Å². The second kappa shape index (κ2) is 6.49. The zero-order chi connectivity index (χ0) is 15.6. The second-order valence-corrected chi connectivity index (χ2v) is 5.97. The number of aromatic nitrogens is 1. The van der Waals surface area contributed by atoms with E-state index in [0.717, 1.165) is 31.6 Å². The van der Waals surface area contributed by atoms with Gasteiger partial charge in [-0.2, -0.15) is 0 Å². The molecule has 6 heteroatoms. The fourth-order valence-corrected chi connectivity index (χ4v) is 3.12. The Bertz CT molecular complexity index is 533. The number of nitro groups is 1. The molecule has 116 valence electrons. The first-order valence-electron chi connectivity index (χ1n) is 7.51. The minimum atomic E-state index is -0.309. The van der Waals surface area contributed by atoms with Crippen LogP contribution >= 0.6 is 0 Å². The van der Waals surface area contributed by atoms with Gasteiger partial charge < -0.3 is 5.73 Å². The molecule has 2 N–H and O–H groups in total. The van der Waals surface area contributed by atoms with E-state index in [0.29, 0.717) is 23.6 Å². The molecule has 0 bridgehead atoms. The van der Waals surface area contributed by atoms with Crippen molar-refractivity contribution in [1.82, 2.24) is 9.88 Å². The fourth-order valence-electron chi connectivity index (χ4n) is 3.12. The lowest BCUT2D eigenvalue weighted by molar-refractivity contribution is -0.386. The van der Waals surface area contributed by atoms with Crippen LogP contribution in [0.1, 0.15) is 36.6 Å². The molecular formula is C15H24N4O2. The van der Waals surface area contributed by atoms with Crippen LogP contribution in [0.2, 0.25) is 0 Å². The Morgan fingerprint density at radius 3 is 2.86 bits per heavy atom. The standard InChI is InChI=1S/C15H24N4O2/c1-4-12-8-18(6-5-13(12)16)9-14-11(3)15(19(20)21)10(2)7-17-14/h7,12-13H,4-6,8-9,16H2,1-3H3. The van der Waals surface area contributed by atoms with Crippen LogP contribution in [0.25, 0.3) is 0 Å². The van der Waals surface area contributed by atoms with Crippen LogP contribution in [0, 0.1) is 29.9 Å². The Balaban J connectivity index is 2.17. The molecule has 0 aliphatic carbocycles. The quantitative estimate of drug-likeness (QED) is 0.679. The van der Waals surface area contributed by atoms with Gasteiger partial charge in [0.05, 0.1) is 10.6 Å². The molecule has 0 aromatic carbocycles. The summed E-state index contributed by atoms with van der Waals surface area (Å²) < 4.78 is 0. The predicted octanol–water partition coefficient (Wildman–Crippen LogP) is 2.17. The monoisotopic (exact) mass is 292 g/mol. The molecule has 0 spiro atoms. The zero-order valence-electron chi connectivity index (χ0n) is 13.0. The van der Waals surface area contributed by atoms with Gasteiger partial charge in [0.15, 0.2) is 0 Å². The number of hydrogen-bond acceptors (Lipinski definition) is 5. The van der Waals surface area contributed by atoms with Crippen LogP contribution in [-0.2, 0) is 6.54 Å². The van der Waals surface area contributed by atoms with Crippen molar-refractivity contribution in [2.24, 2.45) is 11.7 Å².